The molecule has 1 aliphatic rings. The molecule has 0 aliphatic carbocycles. The molecule has 2 amide bonds. The van der Waals surface area contributed by atoms with E-state index in [1.807, 2.05) is 0 Å². The van der Waals surface area contributed by atoms with Gasteiger partial charge in [0.1, 0.15) is 0 Å². The predicted octanol–water partition coefficient (Wildman–Crippen LogP) is -1.66. The number of carbonyl (C=O) groups is 2. The van der Waals surface area contributed by atoms with Crippen molar-refractivity contribution in [2.75, 3.05) is 0 Å². The molecule has 1 aromatic rings. The molecule has 0 bridgehead atoms. The van der Waals surface area contributed by atoms with E-state index in [0.717, 1.165) is 4.47 Å². The van der Waals surface area contributed by atoms with E-state index in [0.29, 0.717) is 11.1 Å². The second-order valence-electron chi connectivity index (χ2n) is 2.47. The quantitative estimate of drug-likeness (QED) is 0.441. The normalized spacial score (nSPS) is 13.3. The number of halogens is 1. The molecule has 0 aromatic heterocycles. The Labute approximate surface area is 105 Å². The maximum atomic E-state index is 11.1. The van der Waals surface area contributed by atoms with Gasteiger partial charge in [-0.3, -0.25) is 14.9 Å². The molecular weight excluding hydrogens is 245 g/mol. The summed E-state index contributed by atoms with van der Waals surface area (Å²) in [7, 11) is 0. The van der Waals surface area contributed by atoms with Crippen LogP contribution < -0.4 is 34.9 Å². The van der Waals surface area contributed by atoms with Gasteiger partial charge in [0.25, 0.3) is 11.8 Å². The van der Waals surface area contributed by atoms with Gasteiger partial charge >= 0.3 is 29.6 Å². The van der Waals surface area contributed by atoms with Gasteiger partial charge in [0.2, 0.25) is 0 Å². The van der Waals surface area contributed by atoms with Crippen molar-refractivity contribution in [3.63, 3.8) is 0 Å². The zero-order chi connectivity index (χ0) is 8.72. The zero-order valence-electron chi connectivity index (χ0n) is 6.93. The molecule has 0 unspecified atom stereocenters. The van der Waals surface area contributed by atoms with E-state index >= 15 is 0 Å². The summed E-state index contributed by atoms with van der Waals surface area (Å²) in [6.45, 7) is 0. The molecule has 0 fully saturated rings. The number of nitrogens with one attached hydrogen (secondary N) is 1. The summed E-state index contributed by atoms with van der Waals surface area (Å²) in [5.41, 5.74) is 0.887. The Bertz CT molecular complexity index is 392. The number of imide groups is 1. The van der Waals surface area contributed by atoms with Crippen molar-refractivity contribution >= 4 is 27.7 Å². The number of carbonyl (C=O) groups excluding carboxylic acids is 2. The standard InChI is InChI=1S/C8H4BrNO2.Na/c9-4-1-2-5-6(3-4)8(12)10-7(5)11;/h1-3H,(H,10,11,12);/q;+1. The van der Waals surface area contributed by atoms with Crippen molar-refractivity contribution in [1.82, 2.24) is 5.32 Å². The van der Waals surface area contributed by atoms with Crippen LogP contribution in [-0.4, -0.2) is 11.8 Å². The molecule has 0 spiro atoms. The number of benzene rings is 1. The number of hydrogen-bond acceptors (Lipinski definition) is 2. The number of fused-ring (bicyclic) bond motifs is 1. The molecule has 1 heterocycles. The molecule has 0 atom stereocenters. The molecule has 1 aliphatic heterocycles. The van der Waals surface area contributed by atoms with Crippen LogP contribution in [0.5, 0.6) is 0 Å². The first-order valence-corrected chi connectivity index (χ1v) is 4.13. The second kappa shape index (κ2) is 3.92. The molecule has 13 heavy (non-hydrogen) atoms. The average Bonchev–Trinajstić information content (AvgIpc) is 2.28. The van der Waals surface area contributed by atoms with Gasteiger partial charge in [-0.05, 0) is 18.2 Å². The van der Waals surface area contributed by atoms with E-state index < -0.39 is 0 Å². The third kappa shape index (κ3) is 1.86. The van der Waals surface area contributed by atoms with E-state index in [1.165, 1.54) is 0 Å². The Morgan fingerprint density at radius 3 is 2.38 bits per heavy atom. The van der Waals surface area contributed by atoms with Crippen LogP contribution in [0.4, 0.5) is 0 Å². The summed E-state index contributed by atoms with van der Waals surface area (Å²) in [6, 6.07) is 4.99. The molecule has 0 radical (unpaired) electrons. The van der Waals surface area contributed by atoms with Crippen molar-refractivity contribution in [3.05, 3.63) is 33.8 Å². The van der Waals surface area contributed by atoms with Crippen LogP contribution in [0, 0.1) is 0 Å². The van der Waals surface area contributed by atoms with Crippen molar-refractivity contribution < 1.29 is 39.1 Å². The largest absolute Gasteiger partial charge is 1.00 e. The van der Waals surface area contributed by atoms with Gasteiger partial charge in [-0.2, -0.15) is 0 Å². The first-order valence-electron chi connectivity index (χ1n) is 3.34. The Morgan fingerprint density at radius 1 is 1.08 bits per heavy atom. The molecule has 1 N–H and O–H groups in total. The summed E-state index contributed by atoms with van der Waals surface area (Å²) in [6.07, 6.45) is 0. The summed E-state index contributed by atoms with van der Waals surface area (Å²) in [5, 5.41) is 2.21. The Balaban J connectivity index is 0.000000845. The maximum Gasteiger partial charge on any atom is 1.00 e. The van der Waals surface area contributed by atoms with Crippen LogP contribution in [0.25, 0.3) is 0 Å². The third-order valence-corrected chi connectivity index (χ3v) is 2.19. The topological polar surface area (TPSA) is 46.2 Å². The van der Waals surface area contributed by atoms with Crippen LogP contribution in [0.15, 0.2) is 22.7 Å². The smallest absolute Gasteiger partial charge is 0.288 e. The number of hydrogen-bond donors (Lipinski definition) is 1. The van der Waals surface area contributed by atoms with Gasteiger partial charge in [-0.15, -0.1) is 0 Å². The monoisotopic (exact) mass is 248 g/mol. The van der Waals surface area contributed by atoms with Gasteiger partial charge < -0.3 is 0 Å². The molecule has 60 valence electrons. The number of amides is 2. The maximum absolute atomic E-state index is 11.1. The third-order valence-electron chi connectivity index (χ3n) is 1.70. The Morgan fingerprint density at radius 2 is 1.69 bits per heavy atom. The first-order chi connectivity index (χ1) is 5.68. The van der Waals surface area contributed by atoms with E-state index in [-0.39, 0.29) is 41.4 Å². The van der Waals surface area contributed by atoms with Crippen LogP contribution in [0.2, 0.25) is 0 Å². The van der Waals surface area contributed by atoms with Crippen LogP contribution >= 0.6 is 15.9 Å². The fourth-order valence-electron chi connectivity index (χ4n) is 1.14. The Hall–Kier alpha value is -0.160. The summed E-state index contributed by atoms with van der Waals surface area (Å²) in [5.74, 6) is -0.640. The fraction of sp³-hybridized carbons (Fsp3) is 0. The minimum Gasteiger partial charge on any atom is -0.288 e. The van der Waals surface area contributed by atoms with E-state index in [2.05, 4.69) is 21.2 Å². The summed E-state index contributed by atoms with van der Waals surface area (Å²) in [4.78, 5) is 22.1. The molecule has 0 saturated heterocycles. The zero-order valence-corrected chi connectivity index (χ0v) is 10.5. The van der Waals surface area contributed by atoms with Crippen molar-refractivity contribution in [2.24, 2.45) is 0 Å². The van der Waals surface area contributed by atoms with Gasteiger partial charge in [-0.1, -0.05) is 15.9 Å². The first kappa shape index (κ1) is 10.9. The SMILES string of the molecule is O=C1NC(=O)c2cc(Br)ccc21.[Na+]. The average molecular weight is 249 g/mol. The molecule has 3 nitrogen and oxygen atoms in total. The van der Waals surface area contributed by atoms with E-state index in [1.54, 1.807) is 18.2 Å². The molecule has 5 heteroatoms. The van der Waals surface area contributed by atoms with Crippen LogP contribution in [-0.2, 0) is 0 Å². The summed E-state index contributed by atoms with van der Waals surface area (Å²) >= 11 is 3.22. The fourth-order valence-corrected chi connectivity index (χ4v) is 1.50. The summed E-state index contributed by atoms with van der Waals surface area (Å²) < 4.78 is 0.797. The predicted molar refractivity (Wildman–Crippen MR) is 45.9 cm³/mol. The minimum atomic E-state index is -0.323. The van der Waals surface area contributed by atoms with E-state index in [9.17, 15) is 9.59 Å². The van der Waals surface area contributed by atoms with Crippen molar-refractivity contribution in [2.45, 2.75) is 0 Å². The van der Waals surface area contributed by atoms with Gasteiger partial charge in [-0.25, -0.2) is 0 Å². The van der Waals surface area contributed by atoms with Gasteiger partial charge in [0.15, 0.2) is 0 Å². The minimum absolute atomic E-state index is 0. The van der Waals surface area contributed by atoms with Crippen LogP contribution in [0.1, 0.15) is 20.7 Å². The van der Waals surface area contributed by atoms with Gasteiger partial charge in [0.05, 0.1) is 11.1 Å². The molecular formula is C8H4BrNNaO2+. The van der Waals surface area contributed by atoms with Crippen molar-refractivity contribution in [1.29, 1.82) is 0 Å². The van der Waals surface area contributed by atoms with Crippen molar-refractivity contribution in [3.8, 4) is 0 Å². The number of rotatable bonds is 0. The van der Waals surface area contributed by atoms with E-state index in [4.69, 9.17) is 0 Å². The molecule has 1 aromatic carbocycles. The van der Waals surface area contributed by atoms with Gasteiger partial charge in [0, 0.05) is 4.47 Å². The second-order valence-corrected chi connectivity index (χ2v) is 3.39. The molecule has 2 rings (SSSR count). The Kier molecular flexibility index (Phi) is 3.29. The van der Waals surface area contributed by atoms with Crippen LogP contribution in [0.3, 0.4) is 0 Å². The molecule has 0 saturated carbocycles.